The lowest BCUT2D eigenvalue weighted by Crippen LogP contribution is -2.00. The largest absolute Gasteiger partial charge is 0.338 e. The van der Waals surface area contributed by atoms with Crippen molar-refractivity contribution in [1.82, 2.24) is 4.90 Å². The fraction of sp³-hybridized carbons (Fsp3) is 0.200. The van der Waals surface area contributed by atoms with Crippen LogP contribution in [0.25, 0.3) is 0 Å². The van der Waals surface area contributed by atoms with Crippen LogP contribution in [0.4, 0.5) is 0 Å². The van der Waals surface area contributed by atoms with Crippen LogP contribution in [-0.4, -0.2) is 19.0 Å². The molecule has 0 spiro atoms. The first-order valence-corrected chi connectivity index (χ1v) is 4.50. The van der Waals surface area contributed by atoms with Gasteiger partial charge >= 0.3 is 0 Å². The second-order valence-corrected chi connectivity index (χ2v) is 3.40. The van der Waals surface area contributed by atoms with Crippen molar-refractivity contribution in [2.75, 3.05) is 14.1 Å². The monoisotopic (exact) mass is 177 g/mol. The summed E-state index contributed by atoms with van der Waals surface area (Å²) in [4.78, 5) is 3.03. The van der Waals surface area contributed by atoms with Gasteiger partial charge < -0.3 is 4.90 Å². The highest BCUT2D eigenvalue weighted by molar-refractivity contribution is 8.03. The molecule has 0 aromatic heterocycles. The first-order chi connectivity index (χ1) is 5.79. The maximum absolute atomic E-state index is 2.99. The quantitative estimate of drug-likeness (QED) is 0.368. The molecule has 0 fully saturated rings. The molecule has 0 unspecified atom stereocenters. The minimum absolute atomic E-state index is 1.19. The van der Waals surface area contributed by atoms with E-state index in [-0.39, 0.29) is 0 Å². The molecule has 0 saturated carbocycles. The summed E-state index contributed by atoms with van der Waals surface area (Å²) in [6.07, 6.45) is 0. The van der Waals surface area contributed by atoms with Gasteiger partial charge in [0.1, 0.15) is 0 Å². The first kappa shape index (κ1) is 9.02. The summed E-state index contributed by atoms with van der Waals surface area (Å²) in [5.41, 5.74) is 0. The first-order valence-electron chi connectivity index (χ1n) is 3.69. The average molecular weight is 177 g/mol. The number of thioether (sulfide) groups is 1. The van der Waals surface area contributed by atoms with E-state index >= 15 is 0 Å². The summed E-state index contributed by atoms with van der Waals surface area (Å²) < 4.78 is 0. The van der Waals surface area contributed by atoms with Crippen LogP contribution < -0.4 is 0 Å². The molecule has 1 aromatic carbocycles. The SMILES string of the molecule is CN(C)C#CSc1ccccc1. The molecule has 0 saturated heterocycles. The fourth-order valence-electron chi connectivity index (χ4n) is 0.662. The summed E-state index contributed by atoms with van der Waals surface area (Å²) in [5.74, 6) is 0. The van der Waals surface area contributed by atoms with E-state index in [1.54, 1.807) is 11.8 Å². The van der Waals surface area contributed by atoms with E-state index in [0.717, 1.165) is 0 Å². The highest BCUT2D eigenvalue weighted by atomic mass is 32.2. The van der Waals surface area contributed by atoms with Gasteiger partial charge in [0.05, 0.1) is 0 Å². The molecular weight excluding hydrogens is 166 g/mol. The molecule has 0 radical (unpaired) electrons. The van der Waals surface area contributed by atoms with Gasteiger partial charge in [0, 0.05) is 25.0 Å². The lowest BCUT2D eigenvalue weighted by atomic mass is 10.4. The molecule has 0 atom stereocenters. The van der Waals surface area contributed by atoms with E-state index < -0.39 is 0 Å². The zero-order chi connectivity index (χ0) is 8.81. The van der Waals surface area contributed by atoms with Crippen molar-refractivity contribution in [1.29, 1.82) is 0 Å². The molecule has 0 amide bonds. The van der Waals surface area contributed by atoms with Gasteiger partial charge in [0.25, 0.3) is 0 Å². The second-order valence-electron chi connectivity index (χ2n) is 2.52. The van der Waals surface area contributed by atoms with Crippen molar-refractivity contribution in [2.24, 2.45) is 0 Å². The second kappa shape index (κ2) is 4.74. The van der Waals surface area contributed by atoms with E-state index in [0.29, 0.717) is 0 Å². The number of nitrogens with zero attached hydrogens (tertiary/aromatic N) is 1. The van der Waals surface area contributed by atoms with E-state index in [2.05, 4.69) is 23.4 Å². The molecule has 1 nitrogen and oxygen atoms in total. The molecule has 0 aliphatic carbocycles. The van der Waals surface area contributed by atoms with Gasteiger partial charge in [-0.1, -0.05) is 18.2 Å². The lowest BCUT2D eigenvalue weighted by Gasteiger charge is -1.97. The zero-order valence-electron chi connectivity index (χ0n) is 7.24. The van der Waals surface area contributed by atoms with E-state index in [1.165, 1.54) is 4.90 Å². The number of benzene rings is 1. The van der Waals surface area contributed by atoms with Crippen LogP contribution in [0.5, 0.6) is 0 Å². The predicted octanol–water partition coefficient (Wildman–Crippen LogP) is 2.26. The third kappa shape index (κ3) is 3.36. The van der Waals surface area contributed by atoms with Crippen molar-refractivity contribution >= 4 is 11.8 Å². The van der Waals surface area contributed by atoms with Crippen LogP contribution in [0.15, 0.2) is 35.2 Å². The summed E-state index contributed by atoms with van der Waals surface area (Å²) in [7, 11) is 3.86. The number of hydrogen-bond acceptors (Lipinski definition) is 2. The summed E-state index contributed by atoms with van der Waals surface area (Å²) in [5, 5.41) is 2.99. The van der Waals surface area contributed by atoms with Crippen molar-refractivity contribution in [3.8, 4) is 11.3 Å². The fourth-order valence-corrected chi connectivity index (χ4v) is 1.30. The third-order valence-electron chi connectivity index (χ3n) is 1.18. The Labute approximate surface area is 77.8 Å². The Morgan fingerprint density at radius 3 is 2.42 bits per heavy atom. The maximum atomic E-state index is 2.99. The molecule has 2 heteroatoms. The van der Waals surface area contributed by atoms with Gasteiger partial charge in [-0.05, 0) is 29.1 Å². The van der Waals surface area contributed by atoms with E-state index in [4.69, 9.17) is 0 Å². The number of hydrogen-bond donors (Lipinski definition) is 0. The lowest BCUT2D eigenvalue weighted by molar-refractivity contribution is 0.598. The van der Waals surface area contributed by atoms with Crippen molar-refractivity contribution in [2.45, 2.75) is 4.90 Å². The van der Waals surface area contributed by atoms with Gasteiger partial charge in [-0.25, -0.2) is 0 Å². The highest BCUT2D eigenvalue weighted by Crippen LogP contribution is 2.14. The van der Waals surface area contributed by atoms with Gasteiger partial charge in [-0.3, -0.25) is 0 Å². The van der Waals surface area contributed by atoms with Crippen LogP contribution in [0.3, 0.4) is 0 Å². The Hall–Kier alpha value is -1.07. The molecular formula is C10H11NS. The minimum atomic E-state index is 1.19. The summed E-state index contributed by atoms with van der Waals surface area (Å²) >= 11 is 1.55. The standard InChI is InChI=1S/C10H11NS/c1-11(2)8-9-12-10-6-4-3-5-7-10/h3-7H,1-2H3. The molecule has 62 valence electrons. The Morgan fingerprint density at radius 1 is 1.17 bits per heavy atom. The van der Waals surface area contributed by atoms with Crippen LogP contribution in [-0.2, 0) is 0 Å². The van der Waals surface area contributed by atoms with Crippen LogP contribution in [0.2, 0.25) is 0 Å². The van der Waals surface area contributed by atoms with Gasteiger partial charge in [-0.15, -0.1) is 0 Å². The predicted molar refractivity (Wildman–Crippen MR) is 53.8 cm³/mol. The highest BCUT2D eigenvalue weighted by Gasteiger charge is 1.85. The minimum Gasteiger partial charge on any atom is -0.338 e. The summed E-state index contributed by atoms with van der Waals surface area (Å²) in [6.45, 7) is 0. The molecule has 1 aromatic rings. The number of rotatable bonds is 1. The van der Waals surface area contributed by atoms with Crippen molar-refractivity contribution in [3.05, 3.63) is 30.3 Å². The summed E-state index contributed by atoms with van der Waals surface area (Å²) in [6, 6.07) is 13.1. The molecule has 12 heavy (non-hydrogen) atoms. The molecule has 0 aliphatic rings. The molecule has 0 heterocycles. The topological polar surface area (TPSA) is 3.24 Å². The van der Waals surface area contributed by atoms with E-state index in [1.807, 2.05) is 37.2 Å². The maximum Gasteiger partial charge on any atom is 0.0203 e. The van der Waals surface area contributed by atoms with Crippen LogP contribution >= 0.6 is 11.8 Å². The Kier molecular flexibility index (Phi) is 3.56. The molecule has 0 bridgehead atoms. The Balaban J connectivity index is 2.51. The Morgan fingerprint density at radius 2 is 1.83 bits per heavy atom. The van der Waals surface area contributed by atoms with Crippen molar-refractivity contribution in [3.63, 3.8) is 0 Å². The van der Waals surface area contributed by atoms with Crippen molar-refractivity contribution < 1.29 is 0 Å². The third-order valence-corrected chi connectivity index (χ3v) is 1.88. The van der Waals surface area contributed by atoms with Gasteiger partial charge in [0.2, 0.25) is 0 Å². The zero-order valence-corrected chi connectivity index (χ0v) is 8.06. The smallest absolute Gasteiger partial charge is 0.0203 e. The van der Waals surface area contributed by atoms with Crippen LogP contribution in [0, 0.1) is 11.3 Å². The average Bonchev–Trinajstić information content (AvgIpc) is 2.05. The van der Waals surface area contributed by atoms with Crippen LogP contribution in [0.1, 0.15) is 0 Å². The van der Waals surface area contributed by atoms with Gasteiger partial charge in [-0.2, -0.15) is 0 Å². The molecule has 0 N–H and O–H groups in total. The van der Waals surface area contributed by atoms with E-state index in [9.17, 15) is 0 Å². The van der Waals surface area contributed by atoms with Gasteiger partial charge in [0.15, 0.2) is 0 Å². The molecule has 0 aliphatic heterocycles. The normalized spacial score (nSPS) is 8.50. The molecule has 1 rings (SSSR count). The Bertz CT molecular complexity index is 282.